The zero-order chi connectivity index (χ0) is 11.3. The lowest BCUT2D eigenvalue weighted by molar-refractivity contribution is 0.0568. The first-order valence-corrected chi connectivity index (χ1v) is 5.33. The first-order valence-electron chi connectivity index (χ1n) is 5.33. The number of rotatable bonds is 6. The van der Waals surface area contributed by atoms with Crippen LogP contribution in [0.3, 0.4) is 0 Å². The topological polar surface area (TPSA) is 44.1 Å². The molecule has 0 N–H and O–H groups in total. The Hall–Kier alpha value is -1.16. The van der Waals surface area contributed by atoms with E-state index < -0.39 is 0 Å². The maximum absolute atomic E-state index is 12.0. The number of carbonyl (C=O) groups excluding carboxylic acids is 1. The second kappa shape index (κ2) is 5.66. The first kappa shape index (κ1) is 11.9. The van der Waals surface area contributed by atoms with Crippen LogP contribution in [0, 0.1) is 0 Å². The van der Waals surface area contributed by atoms with Gasteiger partial charge in [-0.05, 0) is 19.4 Å². The molecule has 0 bridgehead atoms. The number of hydrogen-bond donors (Lipinski definition) is 0. The van der Waals surface area contributed by atoms with Crippen LogP contribution in [0.5, 0.6) is 0 Å². The maximum Gasteiger partial charge on any atom is 0.209 e. The van der Waals surface area contributed by atoms with E-state index in [4.69, 9.17) is 4.74 Å². The smallest absolute Gasteiger partial charge is 0.209 e. The van der Waals surface area contributed by atoms with E-state index in [1.54, 1.807) is 24.1 Å². The van der Waals surface area contributed by atoms with Crippen molar-refractivity contribution in [1.29, 1.82) is 0 Å². The van der Waals surface area contributed by atoms with E-state index in [1.165, 1.54) is 0 Å². The van der Waals surface area contributed by atoms with Gasteiger partial charge in [0, 0.05) is 19.9 Å². The Kier molecular flexibility index (Phi) is 4.49. The molecule has 84 valence electrons. The highest BCUT2D eigenvalue weighted by Crippen LogP contribution is 2.10. The molecular weight excluding hydrogens is 192 g/mol. The number of aromatic nitrogens is 2. The van der Waals surface area contributed by atoms with Crippen LogP contribution in [0.15, 0.2) is 12.3 Å². The highest BCUT2D eigenvalue weighted by atomic mass is 16.5. The van der Waals surface area contributed by atoms with E-state index in [1.807, 2.05) is 13.8 Å². The number of carbonyl (C=O) groups is 1. The molecule has 0 aliphatic heterocycles. The summed E-state index contributed by atoms with van der Waals surface area (Å²) in [4.78, 5) is 12.0. The monoisotopic (exact) mass is 210 g/mol. The number of ether oxygens (including phenoxy) is 1. The van der Waals surface area contributed by atoms with Crippen molar-refractivity contribution in [2.24, 2.45) is 0 Å². The van der Waals surface area contributed by atoms with E-state index >= 15 is 0 Å². The highest BCUT2D eigenvalue weighted by Gasteiger charge is 2.21. The molecule has 1 atom stereocenters. The minimum Gasteiger partial charge on any atom is -0.373 e. The Morgan fingerprint density at radius 1 is 1.60 bits per heavy atom. The summed E-state index contributed by atoms with van der Waals surface area (Å²) in [6, 6.07) is 1.74. The SMILES string of the molecule is CCCC(OC)C(=O)c1ccnn1CC. The van der Waals surface area contributed by atoms with E-state index in [9.17, 15) is 4.79 Å². The third kappa shape index (κ3) is 2.65. The number of nitrogens with zero attached hydrogens (tertiary/aromatic N) is 2. The first-order chi connectivity index (χ1) is 7.24. The zero-order valence-electron chi connectivity index (χ0n) is 9.56. The van der Waals surface area contributed by atoms with Gasteiger partial charge in [0.1, 0.15) is 11.8 Å². The molecule has 0 aromatic carbocycles. The predicted molar refractivity (Wildman–Crippen MR) is 57.9 cm³/mol. The lowest BCUT2D eigenvalue weighted by Gasteiger charge is -2.13. The van der Waals surface area contributed by atoms with Gasteiger partial charge in [-0.1, -0.05) is 13.3 Å². The predicted octanol–water partition coefficient (Wildman–Crippen LogP) is 1.90. The molecule has 0 aliphatic carbocycles. The largest absolute Gasteiger partial charge is 0.373 e. The van der Waals surface area contributed by atoms with Crippen LogP contribution in [0.4, 0.5) is 0 Å². The quantitative estimate of drug-likeness (QED) is 0.673. The highest BCUT2D eigenvalue weighted by molar-refractivity contribution is 5.97. The van der Waals surface area contributed by atoms with Crippen LogP contribution < -0.4 is 0 Å². The second-order valence-corrected chi connectivity index (χ2v) is 3.41. The number of hydrogen-bond acceptors (Lipinski definition) is 3. The van der Waals surface area contributed by atoms with Gasteiger partial charge in [-0.25, -0.2) is 0 Å². The normalized spacial score (nSPS) is 12.7. The average Bonchev–Trinajstić information content (AvgIpc) is 2.72. The van der Waals surface area contributed by atoms with Crippen LogP contribution in [0.2, 0.25) is 0 Å². The van der Waals surface area contributed by atoms with Crippen molar-refractivity contribution < 1.29 is 9.53 Å². The Morgan fingerprint density at radius 2 is 2.33 bits per heavy atom. The number of methoxy groups -OCH3 is 1. The lowest BCUT2D eigenvalue weighted by atomic mass is 10.1. The van der Waals surface area contributed by atoms with E-state index in [2.05, 4.69) is 5.10 Å². The summed E-state index contributed by atoms with van der Waals surface area (Å²) in [6.45, 7) is 4.71. The summed E-state index contributed by atoms with van der Waals surface area (Å²) >= 11 is 0. The Bertz CT molecular complexity index is 320. The van der Waals surface area contributed by atoms with Crippen LogP contribution in [-0.2, 0) is 11.3 Å². The van der Waals surface area contributed by atoms with Gasteiger partial charge < -0.3 is 4.74 Å². The summed E-state index contributed by atoms with van der Waals surface area (Å²) in [5.41, 5.74) is 0.637. The maximum atomic E-state index is 12.0. The van der Waals surface area contributed by atoms with E-state index in [-0.39, 0.29) is 11.9 Å². The van der Waals surface area contributed by atoms with Gasteiger partial charge in [0.25, 0.3) is 0 Å². The molecule has 0 saturated carbocycles. The fourth-order valence-electron chi connectivity index (χ4n) is 1.58. The van der Waals surface area contributed by atoms with Gasteiger partial charge in [0.15, 0.2) is 0 Å². The van der Waals surface area contributed by atoms with Crippen molar-refractivity contribution in [1.82, 2.24) is 9.78 Å². The molecule has 4 nitrogen and oxygen atoms in total. The lowest BCUT2D eigenvalue weighted by Crippen LogP contribution is -2.25. The van der Waals surface area contributed by atoms with Gasteiger partial charge in [-0.2, -0.15) is 5.10 Å². The average molecular weight is 210 g/mol. The summed E-state index contributed by atoms with van der Waals surface area (Å²) in [5.74, 6) is 0.0266. The molecule has 15 heavy (non-hydrogen) atoms. The number of aryl methyl sites for hydroxylation is 1. The zero-order valence-corrected chi connectivity index (χ0v) is 9.56. The van der Waals surface area contributed by atoms with Crippen molar-refractivity contribution in [3.05, 3.63) is 18.0 Å². The second-order valence-electron chi connectivity index (χ2n) is 3.41. The molecule has 1 aromatic rings. The van der Waals surface area contributed by atoms with E-state index in [0.29, 0.717) is 12.2 Å². The van der Waals surface area contributed by atoms with Gasteiger partial charge in [-0.15, -0.1) is 0 Å². The molecular formula is C11H18N2O2. The molecule has 1 rings (SSSR count). The van der Waals surface area contributed by atoms with Gasteiger partial charge in [0.2, 0.25) is 5.78 Å². The van der Waals surface area contributed by atoms with Crippen molar-refractivity contribution in [2.45, 2.75) is 39.3 Å². The summed E-state index contributed by atoms with van der Waals surface area (Å²) in [5, 5.41) is 4.07. The fraction of sp³-hybridized carbons (Fsp3) is 0.636. The molecule has 0 saturated heterocycles. The molecule has 4 heteroatoms. The standard InChI is InChI=1S/C11H18N2O2/c1-4-6-10(15-3)11(14)9-7-8-12-13(9)5-2/h7-8,10H,4-6H2,1-3H3. The molecule has 0 fully saturated rings. The van der Waals surface area contributed by atoms with Crippen molar-refractivity contribution in [3.63, 3.8) is 0 Å². The van der Waals surface area contributed by atoms with Crippen LogP contribution in [-0.4, -0.2) is 28.8 Å². The van der Waals surface area contributed by atoms with Gasteiger partial charge >= 0.3 is 0 Å². The molecule has 1 unspecified atom stereocenters. The number of Topliss-reactive ketones (excluding diaryl/α,β-unsaturated/α-hetero) is 1. The Labute approximate surface area is 90.2 Å². The minimum atomic E-state index is -0.336. The molecule has 0 amide bonds. The van der Waals surface area contributed by atoms with Gasteiger partial charge in [0.05, 0.1) is 0 Å². The molecule has 1 heterocycles. The Morgan fingerprint density at radius 3 is 2.87 bits per heavy atom. The van der Waals surface area contributed by atoms with Crippen LogP contribution >= 0.6 is 0 Å². The summed E-state index contributed by atoms with van der Waals surface area (Å²) in [6.07, 6.45) is 3.00. The molecule has 0 radical (unpaired) electrons. The third-order valence-corrected chi connectivity index (χ3v) is 2.40. The Balaban J connectivity index is 2.82. The van der Waals surface area contributed by atoms with Crippen molar-refractivity contribution in [2.75, 3.05) is 7.11 Å². The molecule has 1 aromatic heterocycles. The molecule has 0 aliphatic rings. The summed E-state index contributed by atoms with van der Waals surface area (Å²) < 4.78 is 6.88. The van der Waals surface area contributed by atoms with E-state index in [0.717, 1.165) is 12.8 Å². The molecule has 0 spiro atoms. The van der Waals surface area contributed by atoms with Crippen molar-refractivity contribution in [3.8, 4) is 0 Å². The van der Waals surface area contributed by atoms with Gasteiger partial charge in [-0.3, -0.25) is 9.48 Å². The van der Waals surface area contributed by atoms with Crippen molar-refractivity contribution >= 4 is 5.78 Å². The van der Waals surface area contributed by atoms with Crippen LogP contribution in [0.1, 0.15) is 37.2 Å². The number of ketones is 1. The fourth-order valence-corrected chi connectivity index (χ4v) is 1.58. The van der Waals surface area contributed by atoms with Crippen LogP contribution in [0.25, 0.3) is 0 Å². The third-order valence-electron chi connectivity index (χ3n) is 2.40. The minimum absolute atomic E-state index is 0.0266. The summed E-state index contributed by atoms with van der Waals surface area (Å²) in [7, 11) is 1.57.